The molecule has 2 heterocycles. The molecule has 4 aromatic rings. The van der Waals surface area contributed by atoms with Gasteiger partial charge >= 0.3 is 6.18 Å². The van der Waals surface area contributed by atoms with Gasteiger partial charge in [0.25, 0.3) is 10.0 Å². The Bertz CT molecular complexity index is 1430. The minimum atomic E-state index is -4.28. The zero-order valence-corrected chi connectivity index (χ0v) is 20.2. The van der Waals surface area contributed by atoms with Crippen molar-refractivity contribution in [2.24, 2.45) is 7.05 Å². The Morgan fingerprint density at radius 3 is 2.58 bits per heavy atom. The average molecular weight is 516 g/mol. The predicted octanol–water partition coefficient (Wildman–Crippen LogP) is 6.68. The second-order valence-corrected chi connectivity index (χ2v) is 11.0. The highest BCUT2D eigenvalue weighted by Gasteiger charge is 2.33. The summed E-state index contributed by atoms with van der Waals surface area (Å²) in [6, 6.07) is 12.4. The molecule has 33 heavy (non-hydrogen) atoms. The molecule has 2 aromatic carbocycles. The number of rotatable bonds is 7. The molecule has 0 unspecified atom stereocenters. The third kappa shape index (κ3) is 4.69. The Labute approximate surface area is 198 Å². The van der Waals surface area contributed by atoms with Crippen molar-refractivity contribution in [2.45, 2.75) is 37.5 Å². The van der Waals surface area contributed by atoms with Crippen LogP contribution in [0.2, 0.25) is 5.02 Å². The van der Waals surface area contributed by atoms with Crippen LogP contribution in [0.25, 0.3) is 21.1 Å². The molecule has 176 valence electrons. The number of hydrogen-bond acceptors (Lipinski definition) is 4. The molecular weight excluding hydrogens is 495 g/mol. The number of anilines is 1. The van der Waals surface area contributed by atoms with E-state index in [1.54, 1.807) is 25.2 Å². The Kier molecular flexibility index (Phi) is 6.36. The first-order chi connectivity index (χ1) is 15.5. The highest BCUT2D eigenvalue weighted by molar-refractivity contribution is 7.92. The van der Waals surface area contributed by atoms with E-state index in [9.17, 15) is 21.6 Å². The van der Waals surface area contributed by atoms with E-state index >= 15 is 0 Å². The van der Waals surface area contributed by atoms with Gasteiger partial charge < -0.3 is 4.57 Å². The van der Waals surface area contributed by atoms with E-state index in [0.29, 0.717) is 21.1 Å². The monoisotopic (exact) mass is 515 g/mol. The van der Waals surface area contributed by atoms with E-state index in [-0.39, 0.29) is 24.5 Å². The second-order valence-electron chi connectivity index (χ2n) is 7.76. The number of halogens is 4. The molecule has 0 spiro atoms. The number of sulfonamides is 1. The van der Waals surface area contributed by atoms with Crippen molar-refractivity contribution in [2.75, 3.05) is 10.8 Å². The van der Waals surface area contributed by atoms with Crippen molar-refractivity contribution in [3.63, 3.8) is 0 Å². The molecule has 0 bridgehead atoms. The lowest BCUT2D eigenvalue weighted by molar-refractivity contribution is -0.135. The zero-order valence-electron chi connectivity index (χ0n) is 17.9. The van der Waals surface area contributed by atoms with Crippen molar-refractivity contribution >= 4 is 59.1 Å². The number of aryl methyl sites for hydroxylation is 2. The summed E-state index contributed by atoms with van der Waals surface area (Å²) in [6.07, 6.45) is -5.36. The van der Waals surface area contributed by atoms with Crippen LogP contribution in [-0.4, -0.2) is 30.7 Å². The van der Waals surface area contributed by atoms with Crippen molar-refractivity contribution in [1.29, 1.82) is 0 Å². The van der Waals surface area contributed by atoms with Gasteiger partial charge in [-0.1, -0.05) is 29.8 Å². The van der Waals surface area contributed by atoms with Crippen LogP contribution >= 0.6 is 22.9 Å². The van der Waals surface area contributed by atoms with Crippen molar-refractivity contribution in [3.05, 3.63) is 53.1 Å². The maximum absolute atomic E-state index is 13.8. The van der Waals surface area contributed by atoms with Crippen LogP contribution in [0, 0.1) is 6.92 Å². The summed E-state index contributed by atoms with van der Waals surface area (Å²) >= 11 is 7.34. The maximum atomic E-state index is 13.8. The van der Waals surface area contributed by atoms with Crippen LogP contribution in [0.5, 0.6) is 0 Å². The molecular formula is C22H21ClF3N3O2S2. The van der Waals surface area contributed by atoms with Gasteiger partial charge in [-0.15, -0.1) is 11.3 Å². The summed E-state index contributed by atoms with van der Waals surface area (Å²) in [4.78, 5) is 4.32. The van der Waals surface area contributed by atoms with Crippen LogP contribution in [0.3, 0.4) is 0 Å². The van der Waals surface area contributed by atoms with Gasteiger partial charge in [-0.05, 0) is 55.0 Å². The summed E-state index contributed by atoms with van der Waals surface area (Å²) in [5.41, 5.74) is 1.77. The second kappa shape index (κ2) is 8.81. The lowest BCUT2D eigenvalue weighted by atomic mass is 10.2. The smallest absolute Gasteiger partial charge is 0.316 e. The van der Waals surface area contributed by atoms with Crippen LogP contribution in [0.1, 0.15) is 24.8 Å². The summed E-state index contributed by atoms with van der Waals surface area (Å²) < 4.78 is 69.2. The molecule has 2 aromatic heterocycles. The summed E-state index contributed by atoms with van der Waals surface area (Å²) in [5, 5.41) is 1.62. The molecule has 4 rings (SSSR count). The first-order valence-electron chi connectivity index (χ1n) is 10.2. The fourth-order valence-electron chi connectivity index (χ4n) is 3.79. The molecule has 0 atom stereocenters. The molecule has 0 aliphatic carbocycles. The third-order valence-electron chi connectivity index (χ3n) is 5.44. The minimum Gasteiger partial charge on any atom is -0.316 e. The maximum Gasteiger partial charge on any atom is 0.389 e. The molecule has 0 radical (unpaired) electrons. The molecule has 0 N–H and O–H groups in total. The number of thiophene rings is 1. The quantitative estimate of drug-likeness (QED) is 0.258. The third-order valence-corrected chi connectivity index (χ3v) is 8.86. The Hall–Kier alpha value is -2.30. The van der Waals surface area contributed by atoms with Crippen molar-refractivity contribution in [1.82, 2.24) is 9.55 Å². The van der Waals surface area contributed by atoms with E-state index in [0.717, 1.165) is 15.6 Å². The van der Waals surface area contributed by atoms with Gasteiger partial charge in [-0.2, -0.15) is 21.6 Å². The predicted molar refractivity (Wildman–Crippen MR) is 127 cm³/mol. The van der Waals surface area contributed by atoms with Crippen LogP contribution < -0.4 is 4.31 Å². The molecule has 0 saturated carbocycles. The lowest BCUT2D eigenvalue weighted by Crippen LogP contribution is -2.33. The van der Waals surface area contributed by atoms with E-state index < -0.39 is 22.6 Å². The Balaban J connectivity index is 1.79. The largest absolute Gasteiger partial charge is 0.389 e. The van der Waals surface area contributed by atoms with Crippen LogP contribution in [0.4, 0.5) is 18.2 Å². The molecule has 0 amide bonds. The number of nitrogens with zero attached hydrogens (tertiary/aromatic N) is 3. The molecule has 0 aliphatic heterocycles. The lowest BCUT2D eigenvalue weighted by Gasteiger charge is -2.23. The number of alkyl halides is 3. The van der Waals surface area contributed by atoms with E-state index in [1.165, 1.54) is 20.2 Å². The van der Waals surface area contributed by atoms with Gasteiger partial charge in [0, 0.05) is 29.7 Å². The van der Waals surface area contributed by atoms with Crippen LogP contribution in [-0.2, 0) is 17.1 Å². The highest BCUT2D eigenvalue weighted by atomic mass is 35.5. The van der Waals surface area contributed by atoms with Gasteiger partial charge in [0.15, 0.2) is 0 Å². The number of aromatic nitrogens is 2. The number of imidazole rings is 1. The highest BCUT2D eigenvalue weighted by Crippen LogP contribution is 2.40. The number of hydrogen-bond donors (Lipinski definition) is 0. The topological polar surface area (TPSA) is 55.2 Å². The normalized spacial score (nSPS) is 12.7. The van der Waals surface area contributed by atoms with E-state index in [1.807, 2.05) is 31.2 Å². The van der Waals surface area contributed by atoms with Crippen LogP contribution in [0.15, 0.2) is 47.6 Å². The van der Waals surface area contributed by atoms with Gasteiger partial charge in [0.05, 0.1) is 11.0 Å². The Morgan fingerprint density at radius 1 is 1.15 bits per heavy atom. The molecule has 11 heteroatoms. The van der Waals surface area contributed by atoms with E-state index in [2.05, 4.69) is 4.98 Å². The summed E-state index contributed by atoms with van der Waals surface area (Å²) in [7, 11) is -2.58. The van der Waals surface area contributed by atoms with Gasteiger partial charge in [0.1, 0.15) is 5.00 Å². The first-order valence-corrected chi connectivity index (χ1v) is 12.8. The molecule has 5 nitrogen and oxygen atoms in total. The standard InChI is InChI=1S/C22H21ClF3N3O2S2/c1-14-16-7-3-4-8-19(16)32-20(14)29(12-6-5-11-22(24,25)26)33(30,31)21-27-17-13-15(23)9-10-18(17)28(21)2/h3-4,7-10,13H,5-6,11-12H2,1-2H3. The van der Waals surface area contributed by atoms with Gasteiger partial charge in [-0.3, -0.25) is 4.31 Å². The molecule has 0 saturated heterocycles. The number of fused-ring (bicyclic) bond motifs is 2. The van der Waals surface area contributed by atoms with Crippen molar-refractivity contribution in [3.8, 4) is 0 Å². The zero-order chi connectivity index (χ0) is 24.0. The number of benzene rings is 2. The van der Waals surface area contributed by atoms with E-state index in [4.69, 9.17) is 11.6 Å². The first kappa shape index (κ1) is 23.8. The van der Waals surface area contributed by atoms with Crippen molar-refractivity contribution < 1.29 is 21.6 Å². The minimum absolute atomic E-state index is 0.0577. The van der Waals surface area contributed by atoms with Gasteiger partial charge in [-0.25, -0.2) is 4.98 Å². The van der Waals surface area contributed by atoms with Gasteiger partial charge in [0.2, 0.25) is 5.16 Å². The fourth-order valence-corrected chi connectivity index (χ4v) is 7.09. The number of unbranched alkanes of at least 4 members (excludes halogenated alkanes) is 1. The molecule has 0 aliphatic rings. The Morgan fingerprint density at radius 2 is 1.88 bits per heavy atom. The fraction of sp³-hybridized carbons (Fsp3) is 0.318. The SMILES string of the molecule is Cc1c(N(CCCCC(F)(F)F)S(=O)(=O)c2nc3cc(Cl)ccc3n2C)sc2ccccc12. The summed E-state index contributed by atoms with van der Waals surface area (Å²) in [6.45, 7) is 1.73. The summed E-state index contributed by atoms with van der Waals surface area (Å²) in [5.74, 6) is 0. The average Bonchev–Trinajstić information content (AvgIpc) is 3.24. The molecule has 0 fully saturated rings.